The quantitative estimate of drug-likeness (QED) is 0.805. The van der Waals surface area contributed by atoms with Gasteiger partial charge in [-0.25, -0.2) is 0 Å². The standard InChI is InChI=1S/C12H20F3NO2/c13-12(14,15)9(7-11(17)18)6-10(16)8-4-2-1-3-5-8/h8-10H,1-7,16H2,(H,17,18)/t9-,10-/m0/s1. The first kappa shape index (κ1) is 15.3. The number of rotatable bonds is 5. The van der Waals surface area contributed by atoms with E-state index in [9.17, 15) is 18.0 Å². The first-order valence-corrected chi connectivity index (χ1v) is 6.34. The van der Waals surface area contributed by atoms with Gasteiger partial charge < -0.3 is 10.8 Å². The molecule has 1 saturated carbocycles. The second kappa shape index (κ2) is 6.41. The number of carbonyl (C=O) groups is 1. The van der Waals surface area contributed by atoms with E-state index in [4.69, 9.17) is 10.8 Å². The number of carboxylic acid groups (broad SMARTS) is 1. The molecule has 6 heteroatoms. The lowest BCUT2D eigenvalue weighted by molar-refractivity contribution is -0.186. The van der Waals surface area contributed by atoms with Crippen molar-refractivity contribution in [2.75, 3.05) is 0 Å². The molecule has 18 heavy (non-hydrogen) atoms. The number of hydrogen-bond donors (Lipinski definition) is 2. The molecular formula is C12H20F3NO2. The molecule has 0 bridgehead atoms. The molecule has 3 nitrogen and oxygen atoms in total. The average Bonchev–Trinajstić information content (AvgIpc) is 2.27. The molecule has 0 heterocycles. The van der Waals surface area contributed by atoms with Crippen molar-refractivity contribution in [2.24, 2.45) is 17.6 Å². The molecular weight excluding hydrogens is 247 g/mol. The number of nitrogens with two attached hydrogens (primary N) is 1. The zero-order chi connectivity index (χ0) is 13.8. The third kappa shape index (κ3) is 4.84. The summed E-state index contributed by atoms with van der Waals surface area (Å²) in [5, 5.41) is 8.53. The van der Waals surface area contributed by atoms with Crippen LogP contribution in [0.2, 0.25) is 0 Å². The molecule has 0 aromatic rings. The molecule has 2 atom stereocenters. The van der Waals surface area contributed by atoms with Gasteiger partial charge in [0, 0.05) is 6.04 Å². The van der Waals surface area contributed by atoms with E-state index in [1.807, 2.05) is 0 Å². The van der Waals surface area contributed by atoms with Gasteiger partial charge in [0.05, 0.1) is 12.3 Å². The maximum absolute atomic E-state index is 12.7. The maximum atomic E-state index is 12.7. The maximum Gasteiger partial charge on any atom is 0.392 e. The number of carboxylic acids is 1. The number of alkyl halides is 3. The first-order chi connectivity index (χ1) is 8.30. The number of aliphatic carboxylic acids is 1. The van der Waals surface area contributed by atoms with E-state index in [1.165, 1.54) is 0 Å². The van der Waals surface area contributed by atoms with Crippen LogP contribution in [-0.2, 0) is 4.79 Å². The van der Waals surface area contributed by atoms with Gasteiger partial charge in [0.1, 0.15) is 0 Å². The van der Waals surface area contributed by atoms with Crippen molar-refractivity contribution in [3.8, 4) is 0 Å². The summed E-state index contributed by atoms with van der Waals surface area (Å²) in [7, 11) is 0. The lowest BCUT2D eigenvalue weighted by atomic mass is 9.80. The summed E-state index contributed by atoms with van der Waals surface area (Å²) in [5.74, 6) is -3.14. The highest BCUT2D eigenvalue weighted by molar-refractivity contribution is 5.67. The molecule has 0 radical (unpaired) electrons. The van der Waals surface area contributed by atoms with E-state index >= 15 is 0 Å². The third-order valence-corrected chi connectivity index (χ3v) is 3.70. The van der Waals surface area contributed by atoms with Crippen molar-refractivity contribution in [1.29, 1.82) is 0 Å². The second-order valence-corrected chi connectivity index (χ2v) is 5.13. The van der Waals surface area contributed by atoms with Gasteiger partial charge >= 0.3 is 12.1 Å². The van der Waals surface area contributed by atoms with Crippen LogP contribution in [0.25, 0.3) is 0 Å². The van der Waals surface area contributed by atoms with Crippen LogP contribution >= 0.6 is 0 Å². The Balaban J connectivity index is 2.55. The highest BCUT2D eigenvalue weighted by Crippen LogP contribution is 2.35. The summed E-state index contributed by atoms with van der Waals surface area (Å²) < 4.78 is 38.1. The largest absolute Gasteiger partial charge is 0.481 e. The third-order valence-electron chi connectivity index (χ3n) is 3.70. The van der Waals surface area contributed by atoms with Crippen molar-refractivity contribution in [3.63, 3.8) is 0 Å². The minimum absolute atomic E-state index is 0.109. The molecule has 0 unspecified atom stereocenters. The molecule has 1 fully saturated rings. The molecule has 106 valence electrons. The van der Waals surface area contributed by atoms with E-state index in [0.29, 0.717) is 0 Å². The molecule has 0 spiro atoms. The molecule has 1 aliphatic rings. The van der Waals surface area contributed by atoms with E-state index < -0.39 is 30.5 Å². The zero-order valence-corrected chi connectivity index (χ0v) is 10.2. The Morgan fingerprint density at radius 1 is 1.28 bits per heavy atom. The highest BCUT2D eigenvalue weighted by atomic mass is 19.4. The van der Waals surface area contributed by atoms with Gasteiger partial charge in [-0.15, -0.1) is 0 Å². The molecule has 1 aliphatic carbocycles. The van der Waals surface area contributed by atoms with E-state index in [1.54, 1.807) is 0 Å². The Morgan fingerprint density at radius 3 is 2.28 bits per heavy atom. The molecule has 0 aromatic carbocycles. The van der Waals surface area contributed by atoms with Crippen molar-refractivity contribution >= 4 is 5.97 Å². The summed E-state index contributed by atoms with van der Waals surface area (Å²) in [6, 6.07) is -0.545. The van der Waals surface area contributed by atoms with Crippen LogP contribution in [0.3, 0.4) is 0 Å². The monoisotopic (exact) mass is 267 g/mol. The van der Waals surface area contributed by atoms with Crippen LogP contribution in [0.1, 0.15) is 44.9 Å². The van der Waals surface area contributed by atoms with Crippen molar-refractivity contribution < 1.29 is 23.1 Å². The molecule has 0 aromatic heterocycles. The lowest BCUT2D eigenvalue weighted by Crippen LogP contribution is -2.38. The molecule has 0 aliphatic heterocycles. The normalized spacial score (nSPS) is 21.6. The van der Waals surface area contributed by atoms with Crippen molar-refractivity contribution in [2.45, 2.75) is 57.2 Å². The van der Waals surface area contributed by atoms with E-state index in [0.717, 1.165) is 32.1 Å². The van der Waals surface area contributed by atoms with Crippen LogP contribution in [0.4, 0.5) is 13.2 Å². The van der Waals surface area contributed by atoms with Crippen LogP contribution in [0, 0.1) is 11.8 Å². The van der Waals surface area contributed by atoms with Crippen LogP contribution < -0.4 is 5.73 Å². The topological polar surface area (TPSA) is 63.3 Å². The first-order valence-electron chi connectivity index (χ1n) is 6.34. The highest BCUT2D eigenvalue weighted by Gasteiger charge is 2.42. The van der Waals surface area contributed by atoms with Crippen molar-refractivity contribution in [3.05, 3.63) is 0 Å². The molecule has 0 saturated heterocycles. The van der Waals surface area contributed by atoms with E-state index in [2.05, 4.69) is 0 Å². The summed E-state index contributed by atoms with van der Waals surface area (Å²) in [6.07, 6.45) is -0.796. The fraction of sp³-hybridized carbons (Fsp3) is 0.917. The zero-order valence-electron chi connectivity index (χ0n) is 10.2. The predicted molar refractivity (Wildman–Crippen MR) is 61.0 cm³/mol. The number of halogens is 3. The Labute approximate surface area is 105 Å². The summed E-state index contributed by atoms with van der Waals surface area (Å²) in [6.45, 7) is 0. The summed E-state index contributed by atoms with van der Waals surface area (Å²) in [5.41, 5.74) is 5.83. The average molecular weight is 267 g/mol. The van der Waals surface area contributed by atoms with Crippen molar-refractivity contribution in [1.82, 2.24) is 0 Å². The smallest absolute Gasteiger partial charge is 0.392 e. The van der Waals surface area contributed by atoms with E-state index in [-0.39, 0.29) is 12.3 Å². The molecule has 0 amide bonds. The van der Waals surface area contributed by atoms with Gasteiger partial charge in [0.2, 0.25) is 0 Å². The fourth-order valence-corrected chi connectivity index (χ4v) is 2.63. The van der Waals surface area contributed by atoms with Crippen LogP contribution in [0.5, 0.6) is 0 Å². The van der Waals surface area contributed by atoms with Gasteiger partial charge in [0.25, 0.3) is 0 Å². The minimum atomic E-state index is -4.48. The SMILES string of the molecule is N[C@@H](C[C@@H](CC(=O)O)C(F)(F)F)C1CCCCC1. The Bertz CT molecular complexity index is 275. The van der Waals surface area contributed by atoms with Gasteiger partial charge in [-0.1, -0.05) is 19.3 Å². The minimum Gasteiger partial charge on any atom is -0.481 e. The molecule has 1 rings (SSSR count). The van der Waals surface area contributed by atoms with Gasteiger partial charge in [-0.05, 0) is 25.2 Å². The Kier molecular flexibility index (Phi) is 5.44. The lowest BCUT2D eigenvalue weighted by Gasteiger charge is -2.30. The fourth-order valence-electron chi connectivity index (χ4n) is 2.63. The summed E-state index contributed by atoms with van der Waals surface area (Å²) in [4.78, 5) is 10.5. The number of hydrogen-bond acceptors (Lipinski definition) is 2. The van der Waals surface area contributed by atoms with Crippen LogP contribution in [-0.4, -0.2) is 23.3 Å². The second-order valence-electron chi connectivity index (χ2n) is 5.13. The van der Waals surface area contributed by atoms with Gasteiger partial charge in [-0.2, -0.15) is 13.2 Å². The van der Waals surface area contributed by atoms with Gasteiger partial charge in [-0.3, -0.25) is 4.79 Å². The van der Waals surface area contributed by atoms with Crippen LogP contribution in [0.15, 0.2) is 0 Å². The predicted octanol–water partition coefficient (Wildman–Crippen LogP) is 2.94. The Morgan fingerprint density at radius 2 is 1.83 bits per heavy atom. The Hall–Kier alpha value is -0.780. The van der Waals surface area contributed by atoms with Gasteiger partial charge in [0.15, 0.2) is 0 Å². The summed E-state index contributed by atoms with van der Waals surface area (Å²) >= 11 is 0. The molecule has 3 N–H and O–H groups in total.